The number of halogens is 1. The molecule has 3 aromatic rings. The van der Waals surface area contributed by atoms with Crippen molar-refractivity contribution in [1.29, 1.82) is 0 Å². The molecule has 24 heavy (non-hydrogen) atoms. The predicted molar refractivity (Wildman–Crippen MR) is 95.5 cm³/mol. The molecule has 4 rings (SSSR count). The Hall–Kier alpha value is -2.26. The molecule has 122 valence electrons. The van der Waals surface area contributed by atoms with E-state index in [1.54, 1.807) is 0 Å². The minimum absolute atomic E-state index is 0.347. The van der Waals surface area contributed by atoms with Crippen LogP contribution < -0.4 is 4.74 Å². The van der Waals surface area contributed by atoms with Gasteiger partial charge in [0.15, 0.2) is 0 Å². The second-order valence-corrected chi connectivity index (χ2v) is 6.53. The average Bonchev–Trinajstić information content (AvgIpc) is 3.15. The van der Waals surface area contributed by atoms with Crippen molar-refractivity contribution in [2.24, 2.45) is 0 Å². The Balaban J connectivity index is 1.61. The van der Waals surface area contributed by atoms with E-state index in [1.165, 1.54) is 11.1 Å². The van der Waals surface area contributed by atoms with Gasteiger partial charge in [0.2, 0.25) is 0 Å². The Morgan fingerprint density at radius 2 is 2.08 bits per heavy atom. The van der Waals surface area contributed by atoms with E-state index in [0.717, 1.165) is 35.6 Å². The van der Waals surface area contributed by atoms with E-state index in [0.29, 0.717) is 12.6 Å². The van der Waals surface area contributed by atoms with Crippen LogP contribution in [-0.4, -0.2) is 9.55 Å². The number of nitrogens with zero attached hydrogens (tertiary/aromatic N) is 2. The Kier molecular flexibility index (Phi) is 4.26. The maximum absolute atomic E-state index is 6.23. The zero-order chi connectivity index (χ0) is 16.4. The Morgan fingerprint density at radius 1 is 1.17 bits per heavy atom. The third kappa shape index (κ3) is 2.92. The summed E-state index contributed by atoms with van der Waals surface area (Å²) in [5.41, 5.74) is 3.67. The molecule has 0 radical (unpaired) electrons. The van der Waals surface area contributed by atoms with E-state index in [9.17, 15) is 0 Å². The highest BCUT2D eigenvalue weighted by molar-refractivity contribution is 6.31. The van der Waals surface area contributed by atoms with Crippen LogP contribution in [0.1, 0.15) is 35.6 Å². The van der Waals surface area contributed by atoms with Crippen molar-refractivity contribution in [1.82, 2.24) is 9.55 Å². The monoisotopic (exact) mass is 338 g/mol. The molecule has 2 aromatic carbocycles. The molecule has 1 heterocycles. The summed E-state index contributed by atoms with van der Waals surface area (Å²) in [4.78, 5) is 4.20. The second-order valence-electron chi connectivity index (χ2n) is 6.12. The number of benzene rings is 2. The van der Waals surface area contributed by atoms with Gasteiger partial charge in [0.1, 0.15) is 12.4 Å². The lowest BCUT2D eigenvalue weighted by Crippen LogP contribution is -2.17. The second kappa shape index (κ2) is 6.70. The SMILES string of the molecule is Clc1ccccc1COc1cccc2c1CCCC2n1ccnc1. The normalized spacial score (nSPS) is 16.6. The number of hydrogen-bond acceptors (Lipinski definition) is 2. The van der Waals surface area contributed by atoms with Crippen LogP contribution in [0.5, 0.6) is 5.75 Å². The van der Waals surface area contributed by atoms with Crippen molar-refractivity contribution in [3.63, 3.8) is 0 Å². The summed E-state index contributed by atoms with van der Waals surface area (Å²) in [6.07, 6.45) is 9.12. The summed E-state index contributed by atoms with van der Waals surface area (Å²) in [6.45, 7) is 0.492. The van der Waals surface area contributed by atoms with Crippen LogP contribution in [0.3, 0.4) is 0 Å². The lowest BCUT2D eigenvalue weighted by atomic mass is 9.87. The van der Waals surface area contributed by atoms with Crippen LogP contribution in [0.15, 0.2) is 61.2 Å². The molecule has 0 saturated heterocycles. The van der Waals surface area contributed by atoms with E-state index in [2.05, 4.69) is 27.8 Å². The van der Waals surface area contributed by atoms with Crippen molar-refractivity contribution in [3.8, 4) is 5.75 Å². The number of imidazole rings is 1. The molecular formula is C20H19ClN2O. The van der Waals surface area contributed by atoms with Crippen LogP contribution in [0.2, 0.25) is 5.02 Å². The van der Waals surface area contributed by atoms with Crippen LogP contribution in [-0.2, 0) is 13.0 Å². The minimum Gasteiger partial charge on any atom is -0.489 e. The summed E-state index contributed by atoms with van der Waals surface area (Å²) in [7, 11) is 0. The first-order valence-corrected chi connectivity index (χ1v) is 8.66. The summed E-state index contributed by atoms with van der Waals surface area (Å²) in [6, 6.07) is 14.5. The van der Waals surface area contributed by atoms with Crippen LogP contribution in [0.25, 0.3) is 0 Å². The molecule has 0 fully saturated rings. The minimum atomic E-state index is 0.347. The number of ether oxygens (including phenoxy) is 1. The van der Waals surface area contributed by atoms with Gasteiger partial charge in [-0.25, -0.2) is 4.98 Å². The van der Waals surface area contributed by atoms with Crippen LogP contribution in [0.4, 0.5) is 0 Å². The Bertz CT molecular complexity index is 829. The van der Waals surface area contributed by atoms with Crippen LogP contribution in [0, 0.1) is 0 Å². The van der Waals surface area contributed by atoms with E-state index in [4.69, 9.17) is 16.3 Å². The fourth-order valence-corrected chi connectivity index (χ4v) is 3.65. The molecule has 3 nitrogen and oxygen atoms in total. The summed E-state index contributed by atoms with van der Waals surface area (Å²) >= 11 is 6.23. The van der Waals surface area contributed by atoms with Gasteiger partial charge in [-0.05, 0) is 42.5 Å². The maximum Gasteiger partial charge on any atom is 0.123 e. The van der Waals surface area contributed by atoms with Crippen molar-refractivity contribution in [2.45, 2.75) is 31.9 Å². The highest BCUT2D eigenvalue weighted by Gasteiger charge is 2.23. The highest BCUT2D eigenvalue weighted by atomic mass is 35.5. The molecule has 1 atom stereocenters. The topological polar surface area (TPSA) is 27.1 Å². The Morgan fingerprint density at radius 3 is 2.92 bits per heavy atom. The van der Waals surface area contributed by atoms with Crippen LogP contribution >= 0.6 is 11.6 Å². The summed E-state index contributed by atoms with van der Waals surface area (Å²) < 4.78 is 8.32. The fraction of sp³-hybridized carbons (Fsp3) is 0.250. The fourth-order valence-electron chi connectivity index (χ4n) is 3.46. The molecular weight excluding hydrogens is 320 g/mol. The lowest BCUT2D eigenvalue weighted by molar-refractivity contribution is 0.300. The first-order valence-electron chi connectivity index (χ1n) is 8.28. The van der Waals surface area contributed by atoms with Gasteiger partial charge >= 0.3 is 0 Å². The van der Waals surface area contributed by atoms with E-state index in [-0.39, 0.29) is 0 Å². The largest absolute Gasteiger partial charge is 0.489 e. The molecule has 1 aliphatic rings. The van der Waals surface area contributed by atoms with Gasteiger partial charge in [-0.3, -0.25) is 0 Å². The highest BCUT2D eigenvalue weighted by Crippen LogP contribution is 2.37. The van der Waals surface area contributed by atoms with Crippen molar-refractivity contribution in [2.75, 3.05) is 0 Å². The smallest absolute Gasteiger partial charge is 0.123 e. The predicted octanol–water partition coefficient (Wildman–Crippen LogP) is 5.04. The molecule has 1 aliphatic carbocycles. The zero-order valence-electron chi connectivity index (χ0n) is 13.4. The van der Waals surface area contributed by atoms with Crippen molar-refractivity contribution < 1.29 is 4.74 Å². The van der Waals surface area contributed by atoms with Crippen molar-refractivity contribution >= 4 is 11.6 Å². The average molecular weight is 339 g/mol. The summed E-state index contributed by atoms with van der Waals surface area (Å²) in [5, 5.41) is 0.749. The van der Waals surface area contributed by atoms with E-state index in [1.807, 2.05) is 43.0 Å². The standard InChI is InChI=1S/C20H19ClN2O/c21-18-8-2-1-5-15(18)13-24-20-10-4-6-16-17(20)7-3-9-19(16)23-12-11-22-14-23/h1-2,4-6,8,10-12,14,19H,3,7,9,13H2. The first kappa shape index (κ1) is 15.3. The number of rotatable bonds is 4. The molecule has 0 spiro atoms. The van der Waals surface area contributed by atoms with Gasteiger partial charge in [-0.1, -0.05) is 41.9 Å². The van der Waals surface area contributed by atoms with Gasteiger partial charge in [-0.2, -0.15) is 0 Å². The van der Waals surface area contributed by atoms with Gasteiger partial charge in [-0.15, -0.1) is 0 Å². The zero-order valence-corrected chi connectivity index (χ0v) is 14.1. The first-order chi connectivity index (χ1) is 11.8. The van der Waals surface area contributed by atoms with Gasteiger partial charge in [0, 0.05) is 23.0 Å². The van der Waals surface area contributed by atoms with E-state index >= 15 is 0 Å². The van der Waals surface area contributed by atoms with Gasteiger partial charge < -0.3 is 9.30 Å². The number of aromatic nitrogens is 2. The Labute approximate surface area is 146 Å². The quantitative estimate of drug-likeness (QED) is 0.666. The number of hydrogen-bond donors (Lipinski definition) is 0. The molecule has 0 bridgehead atoms. The molecule has 0 saturated carbocycles. The molecule has 0 amide bonds. The van der Waals surface area contributed by atoms with Crippen molar-refractivity contribution in [3.05, 3.63) is 82.9 Å². The maximum atomic E-state index is 6.23. The molecule has 4 heteroatoms. The lowest BCUT2D eigenvalue weighted by Gasteiger charge is -2.28. The molecule has 1 aromatic heterocycles. The summed E-state index contributed by atoms with van der Waals surface area (Å²) in [5.74, 6) is 0.970. The number of fused-ring (bicyclic) bond motifs is 1. The van der Waals surface area contributed by atoms with Gasteiger partial charge in [0.05, 0.1) is 12.4 Å². The van der Waals surface area contributed by atoms with E-state index < -0.39 is 0 Å². The van der Waals surface area contributed by atoms with Gasteiger partial charge in [0.25, 0.3) is 0 Å². The molecule has 0 aliphatic heterocycles. The third-order valence-electron chi connectivity index (χ3n) is 4.66. The third-order valence-corrected chi connectivity index (χ3v) is 5.03. The molecule has 1 unspecified atom stereocenters. The molecule has 0 N–H and O–H groups in total.